The predicted octanol–water partition coefficient (Wildman–Crippen LogP) is 3.92. The number of carbonyl (C=O) groups excluding carboxylic acids is 1. The molecule has 9 heteroatoms. The number of hydrogen-bond acceptors (Lipinski definition) is 4. The summed E-state index contributed by atoms with van der Waals surface area (Å²) < 4.78 is 33.9. The van der Waals surface area contributed by atoms with Crippen LogP contribution in [0.15, 0.2) is 39.7 Å². The van der Waals surface area contributed by atoms with Crippen molar-refractivity contribution in [2.24, 2.45) is 0 Å². The summed E-state index contributed by atoms with van der Waals surface area (Å²) in [5, 5.41) is 0.242. The second-order valence-electron chi connectivity index (χ2n) is 5.75. The van der Waals surface area contributed by atoms with Crippen molar-refractivity contribution in [3.63, 3.8) is 0 Å². The average Bonchev–Trinajstić information content (AvgIpc) is 2.55. The summed E-state index contributed by atoms with van der Waals surface area (Å²) in [6, 6.07) is 7.67. The zero-order valence-corrected chi connectivity index (χ0v) is 17.8. The molecule has 26 heavy (non-hydrogen) atoms. The first-order valence-corrected chi connectivity index (χ1v) is 10.1. The van der Waals surface area contributed by atoms with Crippen LogP contribution >= 0.6 is 27.5 Å². The normalized spacial score (nSPS) is 11.2. The summed E-state index contributed by atoms with van der Waals surface area (Å²) in [4.78, 5) is 13.4. The molecule has 6 nitrogen and oxygen atoms in total. The molecule has 2 aromatic carbocycles. The number of aryl methyl sites for hydroxylation is 1. The van der Waals surface area contributed by atoms with Crippen molar-refractivity contribution in [1.29, 1.82) is 0 Å². The van der Waals surface area contributed by atoms with E-state index in [1.165, 1.54) is 24.1 Å². The molecule has 1 N–H and O–H groups in total. The molecule has 0 saturated carbocycles. The summed E-state index contributed by atoms with van der Waals surface area (Å²) in [5.74, 6) is -0.0893. The highest BCUT2D eigenvalue weighted by molar-refractivity contribution is 9.10. The van der Waals surface area contributed by atoms with E-state index in [0.29, 0.717) is 21.3 Å². The number of rotatable bonds is 5. The number of nitrogens with one attached hydrogen (secondary N) is 1. The number of methoxy groups -OCH3 is 1. The first-order valence-electron chi connectivity index (χ1n) is 7.45. The van der Waals surface area contributed by atoms with Crippen LogP contribution in [-0.4, -0.2) is 40.4 Å². The molecule has 0 spiro atoms. The number of carbonyl (C=O) groups is 1. The van der Waals surface area contributed by atoms with Crippen molar-refractivity contribution in [2.75, 3.05) is 25.9 Å². The lowest BCUT2D eigenvalue weighted by Gasteiger charge is -2.16. The lowest BCUT2D eigenvalue weighted by molar-refractivity contribution is 0.0827. The van der Waals surface area contributed by atoms with Gasteiger partial charge in [-0.1, -0.05) is 17.7 Å². The van der Waals surface area contributed by atoms with Crippen molar-refractivity contribution < 1.29 is 17.9 Å². The SMILES string of the molecule is COc1c(Br)cc(Cl)cc1S(=O)(=O)Nc1cc(C(=O)N(C)C)ccc1C. The largest absolute Gasteiger partial charge is 0.494 e. The lowest BCUT2D eigenvalue weighted by atomic mass is 10.1. The predicted molar refractivity (Wildman–Crippen MR) is 106 cm³/mol. The number of sulfonamides is 1. The number of anilines is 1. The van der Waals surface area contributed by atoms with Gasteiger partial charge in [0.1, 0.15) is 4.90 Å². The van der Waals surface area contributed by atoms with Crippen LogP contribution in [0.5, 0.6) is 5.75 Å². The Morgan fingerprint density at radius 3 is 2.46 bits per heavy atom. The smallest absolute Gasteiger partial charge is 0.265 e. The van der Waals surface area contributed by atoms with Crippen LogP contribution in [0.2, 0.25) is 5.02 Å². The van der Waals surface area contributed by atoms with Crippen molar-refractivity contribution in [3.8, 4) is 5.75 Å². The van der Waals surface area contributed by atoms with Gasteiger partial charge in [0.2, 0.25) is 0 Å². The minimum Gasteiger partial charge on any atom is -0.494 e. The highest BCUT2D eigenvalue weighted by Gasteiger charge is 2.24. The van der Waals surface area contributed by atoms with Gasteiger partial charge in [-0.15, -0.1) is 0 Å². The molecule has 0 atom stereocenters. The number of hydrogen-bond donors (Lipinski definition) is 1. The summed E-state index contributed by atoms with van der Waals surface area (Å²) >= 11 is 9.24. The van der Waals surface area contributed by atoms with Gasteiger partial charge in [-0.05, 0) is 52.7 Å². The summed E-state index contributed by atoms with van der Waals surface area (Å²) in [6.07, 6.45) is 0. The molecule has 0 aliphatic heterocycles. The standard InChI is InChI=1S/C17H18BrClN2O4S/c1-10-5-6-11(17(22)21(2)3)7-14(10)20-26(23,24)15-9-12(19)8-13(18)16(15)25-4/h5-9,20H,1-4H3. The molecule has 0 aliphatic rings. The Kier molecular flexibility index (Phi) is 6.21. The minimum atomic E-state index is -4.00. The molecule has 0 fully saturated rings. The van der Waals surface area contributed by atoms with Crippen LogP contribution in [0.3, 0.4) is 0 Å². The first kappa shape index (κ1) is 20.5. The molecule has 1 amide bonds. The Morgan fingerprint density at radius 2 is 1.88 bits per heavy atom. The van der Waals surface area contributed by atoms with Crippen LogP contribution in [0.1, 0.15) is 15.9 Å². The fourth-order valence-corrected chi connectivity index (χ4v) is 4.76. The molecule has 0 heterocycles. The Hall–Kier alpha value is -1.77. The van der Waals surface area contributed by atoms with Crippen molar-refractivity contribution in [1.82, 2.24) is 4.90 Å². The number of halogens is 2. The Balaban J connectivity index is 2.51. The Morgan fingerprint density at radius 1 is 1.23 bits per heavy atom. The van der Waals surface area contributed by atoms with Crippen molar-refractivity contribution in [2.45, 2.75) is 11.8 Å². The van der Waals surface area contributed by atoms with E-state index in [1.54, 1.807) is 39.2 Å². The molecule has 0 saturated heterocycles. The second-order valence-corrected chi connectivity index (χ2v) is 8.70. The molecule has 0 radical (unpaired) electrons. The Bertz CT molecular complexity index is 961. The van der Waals surface area contributed by atoms with Gasteiger partial charge >= 0.3 is 0 Å². The van der Waals surface area contributed by atoms with E-state index >= 15 is 0 Å². The molecule has 0 aromatic heterocycles. The van der Waals surface area contributed by atoms with Gasteiger partial charge in [-0.25, -0.2) is 8.42 Å². The topological polar surface area (TPSA) is 75.7 Å². The Labute approximate surface area is 166 Å². The molecule has 0 aliphatic carbocycles. The van der Waals surface area contributed by atoms with Crippen molar-refractivity contribution >= 4 is 49.1 Å². The molecule has 2 rings (SSSR count). The summed E-state index contributed by atoms with van der Waals surface area (Å²) in [5.41, 5.74) is 1.34. The summed E-state index contributed by atoms with van der Waals surface area (Å²) in [7, 11) is 0.620. The van der Waals surface area contributed by atoms with E-state index in [4.69, 9.17) is 16.3 Å². The van der Waals surface area contributed by atoms with E-state index in [9.17, 15) is 13.2 Å². The third kappa shape index (κ3) is 4.31. The molecular weight excluding hydrogens is 444 g/mol. The minimum absolute atomic E-state index is 0.108. The molecular formula is C17H18BrClN2O4S. The number of amides is 1. The van der Waals surface area contributed by atoms with E-state index in [2.05, 4.69) is 20.7 Å². The van der Waals surface area contributed by atoms with Crippen LogP contribution in [0, 0.1) is 6.92 Å². The summed E-state index contributed by atoms with van der Waals surface area (Å²) in [6.45, 7) is 1.74. The second kappa shape index (κ2) is 7.85. The average molecular weight is 462 g/mol. The van der Waals surface area contributed by atoms with Gasteiger partial charge in [0.25, 0.3) is 15.9 Å². The van der Waals surface area contributed by atoms with Gasteiger partial charge in [0.05, 0.1) is 17.3 Å². The first-order chi connectivity index (χ1) is 12.1. The number of nitrogens with zero attached hydrogens (tertiary/aromatic N) is 1. The van der Waals surface area contributed by atoms with Crippen LogP contribution < -0.4 is 9.46 Å². The maximum Gasteiger partial charge on any atom is 0.265 e. The van der Waals surface area contributed by atoms with Crippen LogP contribution in [-0.2, 0) is 10.0 Å². The van der Waals surface area contributed by atoms with E-state index in [1.807, 2.05) is 0 Å². The van der Waals surface area contributed by atoms with E-state index < -0.39 is 10.0 Å². The third-order valence-corrected chi connectivity index (χ3v) is 5.78. The highest BCUT2D eigenvalue weighted by atomic mass is 79.9. The fraction of sp³-hybridized carbons (Fsp3) is 0.235. The van der Waals surface area contributed by atoms with Crippen LogP contribution in [0.25, 0.3) is 0 Å². The molecule has 2 aromatic rings. The maximum absolute atomic E-state index is 12.9. The van der Waals surface area contributed by atoms with Gasteiger partial charge < -0.3 is 9.64 Å². The fourth-order valence-electron chi connectivity index (χ4n) is 2.26. The molecule has 0 unspecified atom stereocenters. The number of ether oxygens (including phenoxy) is 1. The van der Waals surface area contributed by atoms with E-state index in [0.717, 1.165) is 0 Å². The van der Waals surface area contributed by atoms with Gasteiger partial charge in [-0.3, -0.25) is 9.52 Å². The highest BCUT2D eigenvalue weighted by Crippen LogP contribution is 2.36. The monoisotopic (exact) mass is 460 g/mol. The van der Waals surface area contributed by atoms with Crippen LogP contribution in [0.4, 0.5) is 5.69 Å². The van der Waals surface area contributed by atoms with Gasteiger partial charge in [0, 0.05) is 24.7 Å². The number of benzene rings is 2. The maximum atomic E-state index is 12.9. The quantitative estimate of drug-likeness (QED) is 0.732. The third-order valence-electron chi connectivity index (χ3n) is 3.60. The zero-order chi connectivity index (χ0) is 19.6. The van der Waals surface area contributed by atoms with Gasteiger partial charge in [0.15, 0.2) is 5.75 Å². The van der Waals surface area contributed by atoms with Gasteiger partial charge in [-0.2, -0.15) is 0 Å². The van der Waals surface area contributed by atoms with Crippen molar-refractivity contribution in [3.05, 3.63) is 51.0 Å². The zero-order valence-electron chi connectivity index (χ0n) is 14.6. The molecule has 140 valence electrons. The molecule has 0 bridgehead atoms. The van der Waals surface area contributed by atoms with E-state index in [-0.39, 0.29) is 21.6 Å². The lowest BCUT2D eigenvalue weighted by Crippen LogP contribution is -2.22.